The van der Waals surface area contributed by atoms with E-state index in [9.17, 15) is 21.6 Å². The van der Waals surface area contributed by atoms with E-state index in [0.717, 1.165) is 17.5 Å². The number of anilines is 1. The van der Waals surface area contributed by atoms with Gasteiger partial charge < -0.3 is 0 Å². The first kappa shape index (κ1) is 16.4. The minimum atomic E-state index is -5.38. The van der Waals surface area contributed by atoms with Gasteiger partial charge in [-0.3, -0.25) is 4.72 Å². The lowest BCUT2D eigenvalue weighted by molar-refractivity contribution is -0.0429. The highest BCUT2D eigenvalue weighted by Crippen LogP contribution is 2.25. The average Bonchev–Trinajstić information content (AvgIpc) is 2.45. The maximum Gasteiger partial charge on any atom is 0.516 e. The fraction of sp³-hybridized carbons (Fsp3) is 0.200. The zero-order valence-corrected chi connectivity index (χ0v) is 12.3. The maximum atomic E-state index is 12.3. The average molecular weight is 329 g/mol. The summed E-state index contributed by atoms with van der Waals surface area (Å²) < 4.78 is 60.7. The van der Waals surface area contributed by atoms with E-state index in [1.807, 2.05) is 30.3 Å². The Kier molecular flexibility index (Phi) is 4.75. The van der Waals surface area contributed by atoms with Gasteiger partial charge in [0.05, 0.1) is 0 Å². The number of halogens is 3. The first-order chi connectivity index (χ1) is 10.3. The van der Waals surface area contributed by atoms with E-state index in [1.165, 1.54) is 18.2 Å². The Bertz CT molecular complexity index is 728. The van der Waals surface area contributed by atoms with E-state index >= 15 is 0 Å². The van der Waals surface area contributed by atoms with Crippen LogP contribution in [0.4, 0.5) is 18.9 Å². The summed E-state index contributed by atoms with van der Waals surface area (Å²) in [6.07, 6.45) is 1.32. The quantitative estimate of drug-likeness (QED) is 0.908. The molecule has 7 heteroatoms. The lowest BCUT2D eigenvalue weighted by Gasteiger charge is -2.11. The molecule has 0 atom stereocenters. The largest absolute Gasteiger partial charge is 0.516 e. The second-order valence-electron chi connectivity index (χ2n) is 4.74. The van der Waals surface area contributed by atoms with Gasteiger partial charge >= 0.3 is 15.5 Å². The number of nitrogens with one attached hydrogen (secondary N) is 1. The predicted molar refractivity (Wildman–Crippen MR) is 78.9 cm³/mol. The molecule has 0 aliphatic heterocycles. The molecule has 0 bridgehead atoms. The highest BCUT2D eigenvalue weighted by molar-refractivity contribution is 7.93. The molecular formula is C15H14F3NO2S. The summed E-state index contributed by atoms with van der Waals surface area (Å²) >= 11 is 0. The van der Waals surface area contributed by atoms with E-state index in [1.54, 1.807) is 10.8 Å². The van der Waals surface area contributed by atoms with E-state index < -0.39 is 15.5 Å². The van der Waals surface area contributed by atoms with Crippen molar-refractivity contribution in [3.05, 3.63) is 65.7 Å². The van der Waals surface area contributed by atoms with Crippen LogP contribution >= 0.6 is 0 Å². The second kappa shape index (κ2) is 6.39. The van der Waals surface area contributed by atoms with Gasteiger partial charge in [0.25, 0.3) is 0 Å². The van der Waals surface area contributed by atoms with Crippen molar-refractivity contribution in [2.75, 3.05) is 4.72 Å². The summed E-state index contributed by atoms with van der Waals surface area (Å²) in [4.78, 5) is 0. The van der Waals surface area contributed by atoms with Crippen LogP contribution in [-0.2, 0) is 22.9 Å². The van der Waals surface area contributed by atoms with Crippen molar-refractivity contribution in [2.24, 2.45) is 0 Å². The van der Waals surface area contributed by atoms with E-state index in [2.05, 4.69) is 0 Å². The molecule has 0 fully saturated rings. The van der Waals surface area contributed by atoms with Crippen LogP contribution in [0.5, 0.6) is 0 Å². The smallest absolute Gasteiger partial charge is 0.276 e. The normalized spacial score (nSPS) is 12.1. The molecule has 0 spiro atoms. The van der Waals surface area contributed by atoms with Gasteiger partial charge in [0.2, 0.25) is 0 Å². The summed E-state index contributed by atoms with van der Waals surface area (Å²) in [5, 5.41) is 0. The standard InChI is InChI=1S/C15H14F3NO2S/c16-15(17,18)22(20,21)19-14-8-4-7-13(11-14)10-9-12-5-2-1-3-6-12/h1-8,11,19H,9-10H2. The highest BCUT2D eigenvalue weighted by Gasteiger charge is 2.46. The first-order valence-electron chi connectivity index (χ1n) is 6.50. The van der Waals surface area contributed by atoms with Crippen LogP contribution < -0.4 is 4.72 Å². The molecule has 1 N–H and O–H groups in total. The number of sulfonamides is 1. The molecule has 0 radical (unpaired) electrons. The lowest BCUT2D eigenvalue weighted by Crippen LogP contribution is -2.29. The third kappa shape index (κ3) is 4.24. The maximum absolute atomic E-state index is 12.3. The van der Waals surface area contributed by atoms with Crippen molar-refractivity contribution in [3.63, 3.8) is 0 Å². The molecule has 0 aromatic heterocycles. The van der Waals surface area contributed by atoms with Gasteiger partial charge in [-0.05, 0) is 36.1 Å². The minimum absolute atomic E-state index is 0.0945. The van der Waals surface area contributed by atoms with Crippen LogP contribution in [0.25, 0.3) is 0 Å². The number of rotatable bonds is 5. The number of benzene rings is 2. The Morgan fingerprint density at radius 3 is 2.09 bits per heavy atom. The molecule has 3 nitrogen and oxygen atoms in total. The van der Waals surface area contributed by atoms with Crippen LogP contribution in [0.2, 0.25) is 0 Å². The first-order valence-corrected chi connectivity index (χ1v) is 7.98. The van der Waals surface area contributed by atoms with Crippen LogP contribution in [0.15, 0.2) is 54.6 Å². The van der Waals surface area contributed by atoms with Crippen molar-refractivity contribution in [2.45, 2.75) is 18.3 Å². The van der Waals surface area contributed by atoms with Gasteiger partial charge in [-0.1, -0.05) is 42.5 Å². The molecule has 0 aliphatic rings. The fourth-order valence-corrected chi connectivity index (χ4v) is 2.49. The van der Waals surface area contributed by atoms with Crippen molar-refractivity contribution >= 4 is 15.7 Å². The van der Waals surface area contributed by atoms with E-state index in [4.69, 9.17) is 0 Å². The van der Waals surface area contributed by atoms with Gasteiger partial charge in [0.15, 0.2) is 0 Å². The molecule has 22 heavy (non-hydrogen) atoms. The van der Waals surface area contributed by atoms with Crippen LogP contribution in [0.1, 0.15) is 11.1 Å². The van der Waals surface area contributed by atoms with Gasteiger partial charge in [-0.2, -0.15) is 21.6 Å². The third-order valence-electron chi connectivity index (χ3n) is 3.03. The summed E-state index contributed by atoms with van der Waals surface area (Å²) in [5.74, 6) is 0. The molecule has 2 aromatic rings. The number of alkyl halides is 3. The lowest BCUT2D eigenvalue weighted by atomic mass is 10.0. The van der Waals surface area contributed by atoms with Gasteiger partial charge in [-0.15, -0.1) is 0 Å². The molecule has 0 aliphatic carbocycles. The summed E-state index contributed by atoms with van der Waals surface area (Å²) in [5.41, 5.74) is -3.56. The molecule has 0 saturated heterocycles. The van der Waals surface area contributed by atoms with Crippen LogP contribution in [0, 0.1) is 0 Å². The zero-order chi connectivity index (χ0) is 16.2. The molecule has 0 amide bonds. The molecule has 2 aromatic carbocycles. The fourth-order valence-electron chi connectivity index (χ4n) is 1.94. The van der Waals surface area contributed by atoms with Crippen LogP contribution in [-0.4, -0.2) is 13.9 Å². The summed E-state index contributed by atoms with van der Waals surface area (Å²) in [6, 6.07) is 15.6. The minimum Gasteiger partial charge on any atom is -0.276 e. The topological polar surface area (TPSA) is 46.2 Å². The molecule has 118 valence electrons. The summed E-state index contributed by atoms with van der Waals surface area (Å²) in [6.45, 7) is 0. The molecular weight excluding hydrogens is 315 g/mol. The zero-order valence-electron chi connectivity index (χ0n) is 11.5. The Morgan fingerprint density at radius 2 is 1.45 bits per heavy atom. The van der Waals surface area contributed by atoms with Crippen molar-refractivity contribution in [3.8, 4) is 0 Å². The molecule has 0 saturated carbocycles. The number of aryl methyl sites for hydroxylation is 2. The Balaban J connectivity index is 2.07. The third-order valence-corrected chi connectivity index (χ3v) is 4.14. The summed E-state index contributed by atoms with van der Waals surface area (Å²) in [7, 11) is -5.38. The Hall–Kier alpha value is -2.02. The highest BCUT2D eigenvalue weighted by atomic mass is 32.2. The van der Waals surface area contributed by atoms with Gasteiger partial charge in [-0.25, -0.2) is 0 Å². The van der Waals surface area contributed by atoms with E-state index in [-0.39, 0.29) is 5.69 Å². The Morgan fingerprint density at radius 1 is 0.864 bits per heavy atom. The monoisotopic (exact) mass is 329 g/mol. The molecule has 0 unspecified atom stereocenters. The number of hydrogen-bond donors (Lipinski definition) is 1. The van der Waals surface area contributed by atoms with Gasteiger partial charge in [0.1, 0.15) is 0 Å². The SMILES string of the molecule is O=S(=O)(Nc1cccc(CCc2ccccc2)c1)C(F)(F)F. The Labute approximate surface area is 126 Å². The van der Waals surface area contributed by atoms with Crippen molar-refractivity contribution < 1.29 is 21.6 Å². The van der Waals surface area contributed by atoms with Gasteiger partial charge in [0, 0.05) is 5.69 Å². The van der Waals surface area contributed by atoms with Crippen LogP contribution in [0.3, 0.4) is 0 Å². The predicted octanol–water partition coefficient (Wildman–Crippen LogP) is 3.73. The second-order valence-corrected chi connectivity index (χ2v) is 6.41. The molecule has 0 heterocycles. The molecule has 2 rings (SSSR count). The number of hydrogen-bond acceptors (Lipinski definition) is 2. The van der Waals surface area contributed by atoms with Crippen molar-refractivity contribution in [1.29, 1.82) is 0 Å². The van der Waals surface area contributed by atoms with Crippen molar-refractivity contribution in [1.82, 2.24) is 0 Å². The van der Waals surface area contributed by atoms with E-state index in [0.29, 0.717) is 6.42 Å².